The number of hydrogen-bond acceptors (Lipinski definition) is 5. The van der Waals surface area contributed by atoms with E-state index in [-0.39, 0.29) is 11.9 Å². The van der Waals surface area contributed by atoms with Crippen LogP contribution in [0.4, 0.5) is 0 Å². The summed E-state index contributed by atoms with van der Waals surface area (Å²) in [6.45, 7) is 1.66. The van der Waals surface area contributed by atoms with E-state index in [9.17, 15) is 9.59 Å². The fraction of sp³-hybridized carbons (Fsp3) is 0.344. The van der Waals surface area contributed by atoms with Gasteiger partial charge in [-0.05, 0) is 48.2 Å². The van der Waals surface area contributed by atoms with Crippen LogP contribution in [-0.4, -0.2) is 30.2 Å². The van der Waals surface area contributed by atoms with Crippen LogP contribution in [0.25, 0.3) is 10.9 Å². The third kappa shape index (κ3) is 8.18. The summed E-state index contributed by atoms with van der Waals surface area (Å²) in [4.78, 5) is 24.5. The summed E-state index contributed by atoms with van der Waals surface area (Å²) in [7, 11) is 3.35. The van der Waals surface area contributed by atoms with E-state index in [1.165, 1.54) is 7.11 Å². The summed E-state index contributed by atoms with van der Waals surface area (Å²) in [5, 5.41) is 0.951. The Balaban J connectivity index is 1.22. The number of hydrogen-bond donors (Lipinski definition) is 0. The van der Waals surface area contributed by atoms with E-state index in [1.807, 2.05) is 95.3 Å². The second-order valence-corrected chi connectivity index (χ2v) is 9.70. The van der Waals surface area contributed by atoms with Gasteiger partial charge >= 0.3 is 11.9 Å². The average molecular weight is 530 g/mol. The number of carbonyl (C=O) groups excluding carboxylic acids is 2. The van der Waals surface area contributed by atoms with Gasteiger partial charge in [-0.3, -0.25) is 4.79 Å². The van der Waals surface area contributed by atoms with Gasteiger partial charge in [0.2, 0.25) is 0 Å². The molecule has 0 fully saturated rings. The normalized spacial score (nSPS) is 10.9. The molecule has 2 aromatic carbocycles. The molecule has 0 spiro atoms. The molecule has 0 N–H and O–H groups in total. The first-order valence-corrected chi connectivity index (χ1v) is 13.5. The molecule has 0 saturated carbocycles. The van der Waals surface area contributed by atoms with Gasteiger partial charge in [-0.25, -0.2) is 9.36 Å². The number of carbonyl (C=O) groups is 2. The number of unbranched alkanes of at least 4 members (excludes halogenated alkanes) is 4. The van der Waals surface area contributed by atoms with Crippen molar-refractivity contribution in [3.05, 3.63) is 95.9 Å². The van der Waals surface area contributed by atoms with E-state index in [0.29, 0.717) is 25.3 Å². The monoisotopic (exact) mass is 529 g/mol. The fourth-order valence-electron chi connectivity index (χ4n) is 4.55. The van der Waals surface area contributed by atoms with Gasteiger partial charge in [0.15, 0.2) is 12.4 Å². The summed E-state index contributed by atoms with van der Waals surface area (Å²) in [5.41, 5.74) is 3.59. The number of fused-ring (bicyclic) bond motifs is 1. The Kier molecular flexibility index (Phi) is 10.1. The number of pyridine rings is 1. The van der Waals surface area contributed by atoms with Crippen molar-refractivity contribution in [2.75, 3.05) is 13.7 Å². The van der Waals surface area contributed by atoms with Crippen LogP contribution in [0.3, 0.4) is 0 Å². The van der Waals surface area contributed by atoms with Crippen LogP contribution in [0.2, 0.25) is 0 Å². The molecular formula is C32H37N2O5+. The van der Waals surface area contributed by atoms with Crippen LogP contribution in [0.15, 0.2) is 79.1 Å². The Bertz CT molecular complexity index is 1360. The van der Waals surface area contributed by atoms with Crippen LogP contribution in [0.5, 0.6) is 5.75 Å². The van der Waals surface area contributed by atoms with Crippen LogP contribution in [0.1, 0.15) is 53.7 Å². The van der Waals surface area contributed by atoms with Gasteiger partial charge in [0.25, 0.3) is 0 Å². The van der Waals surface area contributed by atoms with Crippen LogP contribution >= 0.6 is 0 Å². The van der Waals surface area contributed by atoms with Crippen molar-refractivity contribution in [2.24, 2.45) is 7.05 Å². The lowest BCUT2D eigenvalue weighted by Gasteiger charge is -2.11. The van der Waals surface area contributed by atoms with Crippen molar-refractivity contribution in [1.29, 1.82) is 0 Å². The molecule has 0 bridgehead atoms. The zero-order valence-electron chi connectivity index (χ0n) is 22.8. The molecule has 0 aliphatic heterocycles. The van der Waals surface area contributed by atoms with Gasteiger partial charge in [-0.1, -0.05) is 49.6 Å². The van der Waals surface area contributed by atoms with Crippen molar-refractivity contribution in [3.63, 3.8) is 0 Å². The molecular weight excluding hydrogens is 492 g/mol. The minimum absolute atomic E-state index is 0.188. The lowest BCUT2D eigenvalue weighted by molar-refractivity contribution is -0.671. The van der Waals surface area contributed by atoms with Gasteiger partial charge in [0, 0.05) is 29.6 Å². The predicted octanol–water partition coefficient (Wildman–Crippen LogP) is 5.57. The summed E-state index contributed by atoms with van der Waals surface area (Å²) in [6.07, 6.45) is 8.98. The number of nitrogens with zero attached hydrogens (tertiary/aromatic N) is 2. The van der Waals surface area contributed by atoms with E-state index in [0.717, 1.165) is 66.4 Å². The molecule has 4 rings (SSSR count). The van der Waals surface area contributed by atoms with Crippen molar-refractivity contribution in [3.8, 4) is 5.75 Å². The molecule has 0 atom stereocenters. The zero-order chi connectivity index (χ0) is 27.5. The number of methoxy groups -OCH3 is 1. The van der Waals surface area contributed by atoms with Crippen molar-refractivity contribution in [1.82, 2.24) is 4.57 Å². The Morgan fingerprint density at radius 3 is 2.36 bits per heavy atom. The minimum Gasteiger partial charge on any atom is -0.489 e. The van der Waals surface area contributed by atoms with E-state index >= 15 is 0 Å². The number of rotatable bonds is 14. The fourth-order valence-corrected chi connectivity index (χ4v) is 4.55. The summed E-state index contributed by atoms with van der Waals surface area (Å²) >= 11 is 0. The average Bonchev–Trinajstić information content (AvgIpc) is 3.32. The highest BCUT2D eigenvalue weighted by atomic mass is 16.5. The highest BCUT2D eigenvalue weighted by Crippen LogP contribution is 2.26. The number of ether oxygens (including phenoxy) is 3. The molecule has 0 aliphatic carbocycles. The first kappa shape index (κ1) is 27.9. The first-order valence-electron chi connectivity index (χ1n) is 13.5. The number of benzene rings is 2. The van der Waals surface area contributed by atoms with E-state index in [2.05, 4.69) is 0 Å². The molecule has 7 heteroatoms. The zero-order valence-corrected chi connectivity index (χ0v) is 22.8. The quantitative estimate of drug-likeness (QED) is 0.121. The molecule has 204 valence electrons. The second kappa shape index (κ2) is 14.1. The largest absolute Gasteiger partial charge is 0.489 e. The van der Waals surface area contributed by atoms with Gasteiger partial charge in [0.1, 0.15) is 25.1 Å². The van der Waals surface area contributed by atoms with Gasteiger partial charge in [-0.2, -0.15) is 0 Å². The maximum Gasteiger partial charge on any atom is 0.354 e. The molecule has 0 unspecified atom stereocenters. The van der Waals surface area contributed by atoms with Gasteiger partial charge in [-0.15, -0.1) is 0 Å². The Hall–Kier alpha value is -4.13. The lowest BCUT2D eigenvalue weighted by Crippen LogP contribution is -2.26. The van der Waals surface area contributed by atoms with E-state index < -0.39 is 0 Å². The third-order valence-corrected chi connectivity index (χ3v) is 6.70. The second-order valence-electron chi connectivity index (χ2n) is 9.70. The lowest BCUT2D eigenvalue weighted by atomic mass is 10.1. The molecule has 2 aromatic heterocycles. The standard InChI is InChI=1S/C32H37N2O5/c1-33-18-15-25(16-19-33)21-31(35)38-20-10-5-3-4-9-17-34-29-14-13-28(39-24-26-11-7-6-8-12-26)22-27(29)23-30(34)32(36)37-2/h6-8,11-16,18-19,22-23H,3-5,9-10,17,20-21,24H2,1-2H3/q+1. The van der Waals surface area contributed by atoms with Crippen molar-refractivity contribution in [2.45, 2.75) is 51.7 Å². The van der Waals surface area contributed by atoms with Gasteiger partial charge in [0.05, 0.1) is 20.1 Å². The summed E-state index contributed by atoms with van der Waals surface area (Å²) in [6, 6.07) is 21.7. The van der Waals surface area contributed by atoms with Crippen molar-refractivity contribution >= 4 is 22.8 Å². The molecule has 0 amide bonds. The Morgan fingerprint density at radius 2 is 1.59 bits per heavy atom. The molecule has 0 radical (unpaired) electrons. The Morgan fingerprint density at radius 1 is 0.846 bits per heavy atom. The van der Waals surface area contributed by atoms with E-state index in [4.69, 9.17) is 14.2 Å². The molecule has 0 aliphatic rings. The SMILES string of the molecule is COC(=O)c1cc2cc(OCc3ccccc3)ccc2n1CCCCCCCOC(=O)Cc1cc[n+](C)cc1. The third-order valence-electron chi connectivity index (χ3n) is 6.70. The molecule has 0 saturated heterocycles. The first-order chi connectivity index (χ1) is 19.0. The Labute approximate surface area is 229 Å². The molecule has 7 nitrogen and oxygen atoms in total. The highest BCUT2D eigenvalue weighted by molar-refractivity contribution is 5.96. The summed E-state index contributed by atoms with van der Waals surface area (Å²) < 4.78 is 20.4. The minimum atomic E-state index is -0.343. The molecule has 2 heterocycles. The maximum absolute atomic E-state index is 12.5. The topological polar surface area (TPSA) is 70.6 Å². The smallest absolute Gasteiger partial charge is 0.354 e. The van der Waals surface area contributed by atoms with Crippen LogP contribution < -0.4 is 9.30 Å². The number of aryl methyl sites for hydroxylation is 2. The van der Waals surface area contributed by atoms with E-state index in [1.54, 1.807) is 0 Å². The van der Waals surface area contributed by atoms with Crippen LogP contribution in [-0.2, 0) is 40.9 Å². The van der Waals surface area contributed by atoms with Crippen molar-refractivity contribution < 1.29 is 28.4 Å². The highest BCUT2D eigenvalue weighted by Gasteiger charge is 2.16. The number of esters is 2. The van der Waals surface area contributed by atoms with Gasteiger partial charge < -0.3 is 18.8 Å². The maximum atomic E-state index is 12.5. The summed E-state index contributed by atoms with van der Waals surface area (Å²) in [5.74, 6) is 0.231. The predicted molar refractivity (Wildman–Crippen MR) is 149 cm³/mol. The number of aromatic nitrogens is 2. The molecule has 4 aromatic rings. The van der Waals surface area contributed by atoms with Crippen LogP contribution in [0, 0.1) is 0 Å². The molecule has 39 heavy (non-hydrogen) atoms.